The van der Waals surface area contributed by atoms with E-state index in [0.29, 0.717) is 6.04 Å². The first-order valence-electron chi connectivity index (χ1n) is 4.71. The first kappa shape index (κ1) is 8.42. The third-order valence-corrected chi connectivity index (χ3v) is 2.37. The third kappa shape index (κ3) is 1.94. The Morgan fingerprint density at radius 3 is 2.69 bits per heavy atom. The predicted octanol–water partition coefficient (Wildman–Crippen LogP) is 2.58. The number of hydrogen-bond donors (Lipinski definition) is 1. The molecule has 0 unspecified atom stereocenters. The number of aryl methyl sites for hydroxylation is 1. The zero-order chi connectivity index (χ0) is 9.26. The van der Waals surface area contributed by atoms with Crippen molar-refractivity contribution in [2.75, 3.05) is 12.4 Å². The minimum absolute atomic E-state index is 0.715. The molecule has 1 N–H and O–H groups in total. The molecule has 1 saturated carbocycles. The molecule has 1 aromatic rings. The van der Waals surface area contributed by atoms with Gasteiger partial charge in [-0.1, -0.05) is 0 Å². The third-order valence-electron chi connectivity index (χ3n) is 2.37. The average molecular weight is 177 g/mol. The Labute approximate surface area is 78.9 Å². The Morgan fingerprint density at radius 2 is 2.15 bits per heavy atom. The highest BCUT2D eigenvalue weighted by Crippen LogP contribution is 2.28. The van der Waals surface area contributed by atoms with Crippen molar-refractivity contribution in [2.24, 2.45) is 0 Å². The highest BCUT2D eigenvalue weighted by Gasteiger charge is 2.21. The summed E-state index contributed by atoms with van der Waals surface area (Å²) >= 11 is 0. The molecule has 1 aromatic carbocycles. The topological polar surface area (TPSA) is 21.3 Å². The van der Waals surface area contributed by atoms with Crippen molar-refractivity contribution in [1.29, 1.82) is 0 Å². The summed E-state index contributed by atoms with van der Waals surface area (Å²) in [5.41, 5.74) is 2.49. The fourth-order valence-corrected chi connectivity index (χ4v) is 1.37. The Morgan fingerprint density at radius 1 is 1.38 bits per heavy atom. The zero-order valence-corrected chi connectivity index (χ0v) is 8.13. The van der Waals surface area contributed by atoms with Crippen molar-refractivity contribution in [3.8, 4) is 5.75 Å². The smallest absolute Gasteiger partial charge is 0.119 e. The summed E-state index contributed by atoms with van der Waals surface area (Å²) in [7, 11) is 1.70. The van der Waals surface area contributed by atoms with Crippen LogP contribution in [-0.2, 0) is 0 Å². The maximum atomic E-state index is 5.14. The van der Waals surface area contributed by atoms with E-state index in [1.165, 1.54) is 24.1 Å². The standard InChI is InChI=1S/C11H15NO/c1-8-7-10(13-2)5-6-11(8)12-9-3-4-9/h5-7,9,12H,3-4H2,1-2H3. The normalized spacial score (nSPS) is 15.5. The maximum absolute atomic E-state index is 5.14. The summed E-state index contributed by atoms with van der Waals surface area (Å²) < 4.78 is 5.14. The van der Waals surface area contributed by atoms with E-state index in [0.717, 1.165) is 5.75 Å². The molecular weight excluding hydrogens is 162 g/mol. The molecule has 1 aliphatic rings. The van der Waals surface area contributed by atoms with Gasteiger partial charge >= 0.3 is 0 Å². The lowest BCUT2D eigenvalue weighted by molar-refractivity contribution is 0.414. The average Bonchev–Trinajstić information content (AvgIpc) is 2.92. The van der Waals surface area contributed by atoms with Crippen LogP contribution >= 0.6 is 0 Å². The van der Waals surface area contributed by atoms with Gasteiger partial charge in [0.1, 0.15) is 5.75 Å². The molecule has 2 rings (SSSR count). The summed E-state index contributed by atoms with van der Waals surface area (Å²) in [6.45, 7) is 2.10. The van der Waals surface area contributed by atoms with E-state index in [1.807, 2.05) is 6.07 Å². The molecular formula is C11H15NO. The van der Waals surface area contributed by atoms with Crippen LogP contribution in [0.1, 0.15) is 18.4 Å². The van der Waals surface area contributed by atoms with Gasteiger partial charge in [-0.3, -0.25) is 0 Å². The van der Waals surface area contributed by atoms with E-state index in [9.17, 15) is 0 Å². The molecule has 0 radical (unpaired) electrons. The van der Waals surface area contributed by atoms with Crippen LogP contribution in [0, 0.1) is 6.92 Å². The van der Waals surface area contributed by atoms with Crippen molar-refractivity contribution in [2.45, 2.75) is 25.8 Å². The van der Waals surface area contributed by atoms with Crippen LogP contribution in [0.2, 0.25) is 0 Å². The van der Waals surface area contributed by atoms with Gasteiger partial charge in [-0.2, -0.15) is 0 Å². The lowest BCUT2D eigenvalue weighted by Gasteiger charge is -2.09. The van der Waals surface area contributed by atoms with Crippen molar-refractivity contribution >= 4 is 5.69 Å². The number of hydrogen-bond acceptors (Lipinski definition) is 2. The van der Waals surface area contributed by atoms with Crippen LogP contribution in [-0.4, -0.2) is 13.2 Å². The molecule has 1 fully saturated rings. The Hall–Kier alpha value is -1.18. The van der Waals surface area contributed by atoms with E-state index in [-0.39, 0.29) is 0 Å². The van der Waals surface area contributed by atoms with Gasteiger partial charge in [0.15, 0.2) is 0 Å². The number of methoxy groups -OCH3 is 1. The molecule has 0 heterocycles. The van der Waals surface area contributed by atoms with Crippen LogP contribution in [0.4, 0.5) is 5.69 Å². The van der Waals surface area contributed by atoms with E-state index >= 15 is 0 Å². The van der Waals surface area contributed by atoms with Gasteiger partial charge < -0.3 is 10.1 Å². The summed E-state index contributed by atoms with van der Waals surface area (Å²) in [4.78, 5) is 0. The minimum Gasteiger partial charge on any atom is -0.497 e. The first-order chi connectivity index (χ1) is 6.29. The van der Waals surface area contributed by atoms with Crippen LogP contribution in [0.3, 0.4) is 0 Å². The number of benzene rings is 1. The van der Waals surface area contributed by atoms with E-state index in [1.54, 1.807) is 7.11 Å². The number of ether oxygens (including phenoxy) is 1. The van der Waals surface area contributed by atoms with Crippen LogP contribution in [0.5, 0.6) is 5.75 Å². The molecule has 2 nitrogen and oxygen atoms in total. The molecule has 13 heavy (non-hydrogen) atoms. The largest absolute Gasteiger partial charge is 0.497 e. The number of anilines is 1. The van der Waals surface area contributed by atoms with Crippen LogP contribution < -0.4 is 10.1 Å². The van der Waals surface area contributed by atoms with Gasteiger partial charge in [0, 0.05) is 11.7 Å². The molecule has 0 atom stereocenters. The second kappa shape index (κ2) is 3.29. The number of nitrogens with one attached hydrogen (secondary N) is 1. The van der Waals surface area contributed by atoms with Gasteiger partial charge in [-0.05, 0) is 43.5 Å². The second-order valence-corrected chi connectivity index (χ2v) is 3.60. The van der Waals surface area contributed by atoms with Crippen molar-refractivity contribution in [3.63, 3.8) is 0 Å². The summed E-state index contributed by atoms with van der Waals surface area (Å²) in [6.07, 6.45) is 2.62. The van der Waals surface area contributed by atoms with Crippen LogP contribution in [0.15, 0.2) is 18.2 Å². The Balaban J connectivity index is 2.15. The van der Waals surface area contributed by atoms with E-state index in [4.69, 9.17) is 4.74 Å². The van der Waals surface area contributed by atoms with Gasteiger partial charge in [0.25, 0.3) is 0 Å². The summed E-state index contributed by atoms with van der Waals surface area (Å²) in [5, 5.41) is 3.48. The molecule has 0 amide bonds. The van der Waals surface area contributed by atoms with Crippen molar-refractivity contribution in [3.05, 3.63) is 23.8 Å². The molecule has 0 aliphatic heterocycles. The Bertz CT molecular complexity index is 305. The van der Waals surface area contributed by atoms with Gasteiger partial charge in [0.05, 0.1) is 7.11 Å². The highest BCUT2D eigenvalue weighted by molar-refractivity contribution is 5.54. The minimum atomic E-state index is 0.715. The molecule has 1 aliphatic carbocycles. The molecule has 0 spiro atoms. The maximum Gasteiger partial charge on any atom is 0.119 e. The SMILES string of the molecule is COc1ccc(NC2CC2)c(C)c1. The van der Waals surface area contributed by atoms with E-state index < -0.39 is 0 Å². The molecule has 0 aromatic heterocycles. The fourth-order valence-electron chi connectivity index (χ4n) is 1.37. The summed E-state index contributed by atoms with van der Waals surface area (Å²) in [6, 6.07) is 6.86. The van der Waals surface area contributed by atoms with Gasteiger partial charge in [-0.25, -0.2) is 0 Å². The highest BCUT2D eigenvalue weighted by atomic mass is 16.5. The molecule has 2 heteroatoms. The number of rotatable bonds is 3. The molecule has 70 valence electrons. The molecule has 0 bridgehead atoms. The van der Waals surface area contributed by atoms with Crippen LogP contribution in [0.25, 0.3) is 0 Å². The zero-order valence-electron chi connectivity index (χ0n) is 8.13. The van der Waals surface area contributed by atoms with Crippen molar-refractivity contribution < 1.29 is 4.74 Å². The predicted molar refractivity (Wildman–Crippen MR) is 54.4 cm³/mol. The van der Waals surface area contributed by atoms with Crippen molar-refractivity contribution in [1.82, 2.24) is 0 Å². The first-order valence-corrected chi connectivity index (χ1v) is 4.71. The summed E-state index contributed by atoms with van der Waals surface area (Å²) in [5.74, 6) is 0.929. The monoisotopic (exact) mass is 177 g/mol. The van der Waals surface area contributed by atoms with Gasteiger partial charge in [0.2, 0.25) is 0 Å². The lowest BCUT2D eigenvalue weighted by Crippen LogP contribution is -2.02. The molecule has 0 saturated heterocycles. The fraction of sp³-hybridized carbons (Fsp3) is 0.455. The van der Waals surface area contributed by atoms with E-state index in [2.05, 4.69) is 24.4 Å². The van der Waals surface area contributed by atoms with Gasteiger partial charge in [-0.15, -0.1) is 0 Å². The quantitative estimate of drug-likeness (QED) is 0.766. The lowest BCUT2D eigenvalue weighted by atomic mass is 10.2. The Kier molecular flexibility index (Phi) is 2.13. The second-order valence-electron chi connectivity index (χ2n) is 3.60.